The fourth-order valence-electron chi connectivity index (χ4n) is 3.22. The Morgan fingerprint density at radius 1 is 1.13 bits per heavy atom. The van der Waals surface area contributed by atoms with Crippen LogP contribution in [-0.4, -0.2) is 36.7 Å². The first kappa shape index (κ1) is 21.0. The Bertz CT molecular complexity index is 1150. The quantitative estimate of drug-likeness (QED) is 0.608. The number of carbonyl (C=O) groups is 1. The fraction of sp³-hybridized carbons (Fsp3) is 0.263. The van der Waals surface area contributed by atoms with E-state index in [4.69, 9.17) is 0 Å². The van der Waals surface area contributed by atoms with Crippen molar-refractivity contribution in [3.63, 3.8) is 0 Å². The van der Waals surface area contributed by atoms with Gasteiger partial charge in [-0.2, -0.15) is 4.31 Å². The van der Waals surface area contributed by atoms with Gasteiger partial charge >= 0.3 is 0 Å². The number of amides is 1. The molecule has 1 amide bonds. The Labute approximate surface area is 180 Å². The van der Waals surface area contributed by atoms with Gasteiger partial charge in [0.1, 0.15) is 0 Å². The fourth-order valence-corrected chi connectivity index (χ4v) is 6.18. The van der Waals surface area contributed by atoms with Crippen LogP contribution < -0.4 is 5.32 Å². The first-order chi connectivity index (χ1) is 14.3. The lowest BCUT2D eigenvalue weighted by Crippen LogP contribution is -2.41. The largest absolute Gasteiger partial charge is 0.302 e. The van der Waals surface area contributed by atoms with Crippen LogP contribution >= 0.6 is 22.7 Å². The molecule has 2 aromatic heterocycles. The monoisotopic (exact) mass is 469 g/mol. The summed E-state index contributed by atoms with van der Waals surface area (Å²) in [5.74, 6) is -2.87. The zero-order valence-electron chi connectivity index (χ0n) is 15.5. The van der Waals surface area contributed by atoms with Gasteiger partial charge in [-0.3, -0.25) is 4.79 Å². The van der Waals surface area contributed by atoms with Crippen molar-refractivity contribution >= 4 is 43.7 Å². The predicted molar refractivity (Wildman–Crippen MR) is 112 cm³/mol. The summed E-state index contributed by atoms with van der Waals surface area (Å²) in [5.41, 5.74) is 0.803. The molecule has 1 aliphatic heterocycles. The standard InChI is InChI=1S/C19H17F2N3O3S3/c20-14-4-3-13(10-15(14)21)30(26,27)24-7-5-12(6-8-24)18(25)23-19-22-16(11-29-19)17-2-1-9-28-17/h1-4,9-12H,5-8H2,(H,22,23,25). The normalized spacial score (nSPS) is 15.9. The summed E-state index contributed by atoms with van der Waals surface area (Å²) >= 11 is 2.90. The number of piperidine rings is 1. The van der Waals surface area contributed by atoms with Crippen LogP contribution in [0.4, 0.5) is 13.9 Å². The molecule has 0 aliphatic carbocycles. The average molecular weight is 470 g/mol. The van der Waals surface area contributed by atoms with Crippen molar-refractivity contribution in [2.75, 3.05) is 18.4 Å². The lowest BCUT2D eigenvalue weighted by molar-refractivity contribution is -0.120. The van der Waals surface area contributed by atoms with Gasteiger partial charge in [0.05, 0.1) is 15.5 Å². The molecule has 3 heterocycles. The first-order valence-corrected chi connectivity index (χ1v) is 12.3. The van der Waals surface area contributed by atoms with Crippen LogP contribution in [0.25, 0.3) is 10.6 Å². The minimum Gasteiger partial charge on any atom is -0.302 e. The van der Waals surface area contributed by atoms with Crippen molar-refractivity contribution in [2.24, 2.45) is 5.92 Å². The lowest BCUT2D eigenvalue weighted by Gasteiger charge is -2.30. The van der Waals surface area contributed by atoms with E-state index in [0.29, 0.717) is 24.0 Å². The second-order valence-electron chi connectivity index (χ2n) is 6.76. The Hall–Kier alpha value is -2.21. The number of rotatable bonds is 5. The van der Waals surface area contributed by atoms with E-state index >= 15 is 0 Å². The third-order valence-corrected chi connectivity index (χ3v) is 8.41. The van der Waals surface area contributed by atoms with Gasteiger partial charge < -0.3 is 5.32 Å². The number of sulfonamides is 1. The summed E-state index contributed by atoms with van der Waals surface area (Å²) in [4.78, 5) is 17.7. The highest BCUT2D eigenvalue weighted by Gasteiger charge is 2.32. The van der Waals surface area contributed by atoms with E-state index in [-0.39, 0.29) is 29.8 Å². The Balaban J connectivity index is 1.37. The summed E-state index contributed by atoms with van der Waals surface area (Å²) in [6, 6.07) is 6.40. The van der Waals surface area contributed by atoms with Crippen LogP contribution in [-0.2, 0) is 14.8 Å². The molecule has 30 heavy (non-hydrogen) atoms. The van der Waals surface area contributed by atoms with E-state index in [2.05, 4.69) is 10.3 Å². The van der Waals surface area contributed by atoms with Crippen LogP contribution in [0, 0.1) is 17.6 Å². The molecule has 0 atom stereocenters. The Morgan fingerprint density at radius 2 is 1.90 bits per heavy atom. The van der Waals surface area contributed by atoms with Gasteiger partial charge in [-0.25, -0.2) is 22.2 Å². The molecular formula is C19H17F2N3O3S3. The summed E-state index contributed by atoms with van der Waals surface area (Å²) < 4.78 is 53.0. The number of carbonyl (C=O) groups excluding carboxylic acids is 1. The molecule has 158 valence electrons. The second-order valence-corrected chi connectivity index (χ2v) is 10.5. The molecule has 0 bridgehead atoms. The number of thiazole rings is 1. The highest BCUT2D eigenvalue weighted by atomic mass is 32.2. The minimum atomic E-state index is -3.95. The topological polar surface area (TPSA) is 79.4 Å². The number of thiophene rings is 1. The predicted octanol–water partition coefficient (Wildman–Crippen LogP) is 4.19. The highest BCUT2D eigenvalue weighted by molar-refractivity contribution is 7.89. The van der Waals surface area contributed by atoms with E-state index in [1.54, 1.807) is 11.3 Å². The molecule has 6 nitrogen and oxygen atoms in total. The van der Waals surface area contributed by atoms with E-state index < -0.39 is 21.7 Å². The molecule has 4 rings (SSSR count). The summed E-state index contributed by atoms with van der Waals surface area (Å²) in [6.45, 7) is 0.245. The minimum absolute atomic E-state index is 0.123. The molecular weight excluding hydrogens is 452 g/mol. The molecule has 0 radical (unpaired) electrons. The SMILES string of the molecule is O=C(Nc1nc(-c2cccs2)cs1)C1CCN(S(=O)(=O)c2ccc(F)c(F)c2)CC1. The number of anilines is 1. The van der Waals surface area contributed by atoms with Crippen molar-refractivity contribution < 1.29 is 22.0 Å². The third kappa shape index (κ3) is 4.29. The van der Waals surface area contributed by atoms with Gasteiger partial charge in [0.2, 0.25) is 15.9 Å². The smallest absolute Gasteiger partial charge is 0.243 e. The van der Waals surface area contributed by atoms with E-state index in [1.807, 2.05) is 22.9 Å². The van der Waals surface area contributed by atoms with Gasteiger partial charge in [0.15, 0.2) is 16.8 Å². The molecule has 1 N–H and O–H groups in total. The van der Waals surface area contributed by atoms with Crippen molar-refractivity contribution in [3.8, 4) is 10.6 Å². The van der Waals surface area contributed by atoms with Crippen molar-refractivity contribution in [1.82, 2.24) is 9.29 Å². The number of nitrogens with zero attached hydrogens (tertiary/aromatic N) is 2. The second kappa shape index (κ2) is 8.50. The first-order valence-electron chi connectivity index (χ1n) is 9.10. The Kier molecular flexibility index (Phi) is 5.96. The van der Waals surface area contributed by atoms with Gasteiger partial charge in [0.25, 0.3) is 0 Å². The summed E-state index contributed by atoms with van der Waals surface area (Å²) in [6.07, 6.45) is 0.662. The zero-order chi connectivity index (χ0) is 21.3. The Morgan fingerprint density at radius 3 is 2.57 bits per heavy atom. The van der Waals surface area contributed by atoms with E-state index in [9.17, 15) is 22.0 Å². The molecule has 1 fully saturated rings. The number of aromatic nitrogens is 1. The van der Waals surface area contributed by atoms with Crippen LogP contribution in [0.1, 0.15) is 12.8 Å². The highest BCUT2D eigenvalue weighted by Crippen LogP contribution is 2.30. The maximum atomic E-state index is 13.4. The van der Waals surface area contributed by atoms with E-state index in [0.717, 1.165) is 22.7 Å². The van der Waals surface area contributed by atoms with E-state index in [1.165, 1.54) is 15.6 Å². The zero-order valence-corrected chi connectivity index (χ0v) is 18.0. The summed E-state index contributed by atoms with van der Waals surface area (Å²) in [5, 5.41) is 7.13. The van der Waals surface area contributed by atoms with Crippen LogP contribution in [0.5, 0.6) is 0 Å². The number of hydrogen-bond donors (Lipinski definition) is 1. The number of benzene rings is 1. The third-order valence-electron chi connectivity index (χ3n) is 4.86. The van der Waals surface area contributed by atoms with Gasteiger partial charge in [0, 0.05) is 24.4 Å². The molecule has 3 aromatic rings. The van der Waals surface area contributed by atoms with Crippen LogP contribution in [0.15, 0.2) is 46.0 Å². The average Bonchev–Trinajstić information content (AvgIpc) is 3.42. The summed E-state index contributed by atoms with van der Waals surface area (Å²) in [7, 11) is -3.95. The molecule has 11 heteroatoms. The van der Waals surface area contributed by atoms with Crippen LogP contribution in [0.3, 0.4) is 0 Å². The maximum Gasteiger partial charge on any atom is 0.243 e. The van der Waals surface area contributed by atoms with Gasteiger partial charge in [-0.05, 0) is 42.5 Å². The molecule has 0 spiro atoms. The molecule has 0 saturated carbocycles. The molecule has 0 unspecified atom stereocenters. The molecule has 1 aromatic carbocycles. The lowest BCUT2D eigenvalue weighted by atomic mass is 9.97. The van der Waals surface area contributed by atoms with Crippen molar-refractivity contribution in [2.45, 2.75) is 17.7 Å². The van der Waals surface area contributed by atoms with Crippen molar-refractivity contribution in [3.05, 3.63) is 52.7 Å². The van der Waals surface area contributed by atoms with Gasteiger partial charge in [-0.1, -0.05) is 6.07 Å². The molecule has 1 saturated heterocycles. The molecule has 1 aliphatic rings. The van der Waals surface area contributed by atoms with Crippen molar-refractivity contribution in [1.29, 1.82) is 0 Å². The number of nitrogens with one attached hydrogen (secondary N) is 1. The maximum absolute atomic E-state index is 13.4. The van der Waals surface area contributed by atoms with Gasteiger partial charge in [-0.15, -0.1) is 22.7 Å². The number of halogens is 2. The number of hydrogen-bond acceptors (Lipinski definition) is 6. The van der Waals surface area contributed by atoms with Crippen LogP contribution in [0.2, 0.25) is 0 Å².